The molecule has 152 valence electrons. The Balaban J connectivity index is 1.44. The highest BCUT2D eigenvalue weighted by Crippen LogP contribution is 2.27. The number of rotatable bonds is 4. The van der Waals surface area contributed by atoms with Gasteiger partial charge in [0.1, 0.15) is 12.0 Å². The Bertz CT molecular complexity index is 1410. The molecule has 1 amide bonds. The lowest BCUT2D eigenvalue weighted by Gasteiger charge is -2.09. The lowest BCUT2D eigenvalue weighted by atomic mass is 10.1. The summed E-state index contributed by atoms with van der Waals surface area (Å²) in [6.45, 7) is 1.83. The molecule has 1 N–H and O–H groups in total. The predicted molar refractivity (Wildman–Crippen MR) is 116 cm³/mol. The van der Waals surface area contributed by atoms with Crippen molar-refractivity contribution in [3.8, 4) is 17.3 Å². The van der Waals surface area contributed by atoms with Crippen LogP contribution in [0.3, 0.4) is 0 Å². The van der Waals surface area contributed by atoms with Gasteiger partial charge in [-0.1, -0.05) is 35.9 Å². The van der Waals surface area contributed by atoms with E-state index in [2.05, 4.69) is 25.4 Å². The minimum absolute atomic E-state index is 0.309. The topological polar surface area (TPSA) is 98.7 Å². The minimum Gasteiger partial charge on any atom is -0.443 e. The molecule has 0 fully saturated rings. The molecule has 0 saturated heterocycles. The highest BCUT2D eigenvalue weighted by atomic mass is 35.5. The van der Waals surface area contributed by atoms with Crippen LogP contribution in [-0.2, 0) is 0 Å². The smallest absolute Gasteiger partial charge is 0.259 e. The van der Waals surface area contributed by atoms with Gasteiger partial charge < -0.3 is 9.73 Å². The summed E-state index contributed by atoms with van der Waals surface area (Å²) < 4.78 is 6.93. The van der Waals surface area contributed by atoms with E-state index in [1.807, 2.05) is 31.2 Å². The van der Waals surface area contributed by atoms with Crippen molar-refractivity contribution in [2.45, 2.75) is 6.92 Å². The fourth-order valence-corrected chi connectivity index (χ4v) is 3.59. The van der Waals surface area contributed by atoms with E-state index in [1.165, 1.54) is 24.9 Å². The zero-order valence-electron chi connectivity index (χ0n) is 16.3. The number of aromatic nitrogens is 5. The fraction of sp³-hybridized carbons (Fsp3) is 0.0455. The molecule has 0 aliphatic heterocycles. The zero-order valence-corrected chi connectivity index (χ0v) is 17.0. The van der Waals surface area contributed by atoms with Gasteiger partial charge in [0.15, 0.2) is 0 Å². The van der Waals surface area contributed by atoms with E-state index in [-0.39, 0.29) is 5.91 Å². The van der Waals surface area contributed by atoms with Gasteiger partial charge in [-0.05, 0) is 13.0 Å². The van der Waals surface area contributed by atoms with Crippen LogP contribution in [0.4, 0.5) is 5.69 Å². The molecule has 0 radical (unpaired) electrons. The second-order valence-corrected chi connectivity index (χ2v) is 7.19. The number of anilines is 1. The molecule has 0 saturated carbocycles. The molecule has 4 aromatic heterocycles. The summed E-state index contributed by atoms with van der Waals surface area (Å²) in [7, 11) is 0. The van der Waals surface area contributed by atoms with Crippen molar-refractivity contribution in [2.24, 2.45) is 0 Å². The number of carbonyl (C=O) groups is 1. The third-order valence-corrected chi connectivity index (χ3v) is 5.15. The van der Waals surface area contributed by atoms with E-state index in [9.17, 15) is 4.79 Å². The first-order valence-electron chi connectivity index (χ1n) is 9.36. The number of amides is 1. The van der Waals surface area contributed by atoms with E-state index < -0.39 is 0 Å². The molecule has 1 aromatic carbocycles. The summed E-state index contributed by atoms with van der Waals surface area (Å²) in [5.74, 6) is -0.0117. The average molecular weight is 431 g/mol. The number of nitrogens with one attached hydrogen (secondary N) is 1. The van der Waals surface area contributed by atoms with Gasteiger partial charge in [0.25, 0.3) is 5.91 Å². The summed E-state index contributed by atoms with van der Waals surface area (Å²) in [6, 6.07) is 9.49. The molecule has 0 aliphatic rings. The predicted octanol–water partition coefficient (Wildman–Crippen LogP) is 4.68. The summed E-state index contributed by atoms with van der Waals surface area (Å²) in [5.41, 5.74) is 2.77. The van der Waals surface area contributed by atoms with Crippen molar-refractivity contribution < 1.29 is 9.21 Å². The molecular weight excluding hydrogens is 416 g/mol. The average Bonchev–Trinajstić information content (AvgIpc) is 3.43. The lowest BCUT2D eigenvalue weighted by Crippen LogP contribution is -2.13. The van der Waals surface area contributed by atoms with Gasteiger partial charge in [0, 0.05) is 17.0 Å². The number of hydrogen-bond donors (Lipinski definition) is 1. The van der Waals surface area contributed by atoms with E-state index in [1.54, 1.807) is 23.1 Å². The van der Waals surface area contributed by atoms with Crippen LogP contribution < -0.4 is 5.32 Å². The number of hydrogen-bond acceptors (Lipinski definition) is 6. The van der Waals surface area contributed by atoms with Crippen LogP contribution in [0.1, 0.15) is 16.1 Å². The van der Waals surface area contributed by atoms with Crippen LogP contribution in [0.25, 0.3) is 28.0 Å². The normalized spacial score (nSPS) is 11.0. The van der Waals surface area contributed by atoms with Crippen LogP contribution in [-0.4, -0.2) is 30.6 Å². The van der Waals surface area contributed by atoms with Gasteiger partial charge in [-0.25, -0.2) is 14.6 Å². The number of benzene rings is 1. The monoisotopic (exact) mass is 430 g/mol. The van der Waals surface area contributed by atoms with Crippen molar-refractivity contribution in [3.05, 3.63) is 83.9 Å². The Morgan fingerprint density at radius 2 is 2.00 bits per heavy atom. The number of halogens is 1. The number of nitrogens with zero attached hydrogens (tertiary/aromatic N) is 5. The number of oxazole rings is 1. The van der Waals surface area contributed by atoms with Crippen molar-refractivity contribution in [2.75, 3.05) is 5.32 Å². The molecular formula is C22H15ClN6O2. The van der Waals surface area contributed by atoms with Crippen LogP contribution in [0.2, 0.25) is 5.02 Å². The van der Waals surface area contributed by atoms with Crippen molar-refractivity contribution in [3.63, 3.8) is 0 Å². The molecule has 0 spiro atoms. The maximum Gasteiger partial charge on any atom is 0.259 e. The second kappa shape index (κ2) is 7.66. The summed E-state index contributed by atoms with van der Waals surface area (Å²) in [6.07, 6.45) is 9.50. The molecule has 5 aromatic rings. The first-order valence-corrected chi connectivity index (χ1v) is 9.74. The van der Waals surface area contributed by atoms with Gasteiger partial charge in [0.2, 0.25) is 5.89 Å². The Morgan fingerprint density at radius 3 is 2.81 bits per heavy atom. The van der Waals surface area contributed by atoms with E-state index in [0.29, 0.717) is 33.6 Å². The first kappa shape index (κ1) is 19.0. The maximum absolute atomic E-state index is 12.9. The third kappa shape index (κ3) is 3.43. The molecule has 8 nitrogen and oxygen atoms in total. The first-order chi connectivity index (χ1) is 15.1. The molecule has 5 rings (SSSR count). The third-order valence-electron chi connectivity index (χ3n) is 4.86. The highest BCUT2D eigenvalue weighted by molar-refractivity contribution is 6.33. The molecule has 31 heavy (non-hydrogen) atoms. The maximum atomic E-state index is 12.9. The molecule has 0 unspecified atom stereocenters. The second-order valence-electron chi connectivity index (χ2n) is 6.78. The number of fused-ring (bicyclic) bond motifs is 1. The van der Waals surface area contributed by atoms with E-state index in [4.69, 9.17) is 16.0 Å². The number of pyridine rings is 2. The SMILES string of the molecule is Cc1c(C(=O)Nc2cnc(-c3ncco3)c(Cl)c2)cnn1-c1cncc2ccccc12. The van der Waals surface area contributed by atoms with Crippen molar-refractivity contribution in [1.82, 2.24) is 24.7 Å². The Kier molecular flexibility index (Phi) is 4.68. The van der Waals surface area contributed by atoms with Gasteiger partial charge in [0.05, 0.1) is 52.4 Å². The van der Waals surface area contributed by atoms with Crippen LogP contribution in [0.5, 0.6) is 0 Å². The molecule has 4 heterocycles. The van der Waals surface area contributed by atoms with Crippen molar-refractivity contribution >= 4 is 34.0 Å². The van der Waals surface area contributed by atoms with Gasteiger partial charge in [-0.3, -0.25) is 9.78 Å². The van der Waals surface area contributed by atoms with Crippen LogP contribution in [0, 0.1) is 6.92 Å². The van der Waals surface area contributed by atoms with Crippen molar-refractivity contribution in [1.29, 1.82) is 0 Å². The minimum atomic E-state index is -0.321. The zero-order chi connectivity index (χ0) is 21.4. The van der Waals surface area contributed by atoms with Gasteiger partial charge in [-0.2, -0.15) is 5.10 Å². The largest absolute Gasteiger partial charge is 0.443 e. The van der Waals surface area contributed by atoms with Crippen LogP contribution >= 0.6 is 11.6 Å². The van der Waals surface area contributed by atoms with Gasteiger partial charge in [-0.15, -0.1) is 0 Å². The lowest BCUT2D eigenvalue weighted by molar-refractivity contribution is 0.102. The molecule has 0 aliphatic carbocycles. The fourth-order valence-electron chi connectivity index (χ4n) is 3.35. The molecule has 9 heteroatoms. The Morgan fingerprint density at radius 1 is 1.13 bits per heavy atom. The van der Waals surface area contributed by atoms with Gasteiger partial charge >= 0.3 is 0 Å². The Labute approximate surface area is 181 Å². The summed E-state index contributed by atoms with van der Waals surface area (Å²) >= 11 is 6.28. The number of carbonyl (C=O) groups excluding carboxylic acids is 1. The molecule has 0 bridgehead atoms. The van der Waals surface area contributed by atoms with E-state index in [0.717, 1.165) is 16.5 Å². The Hall–Kier alpha value is -4.04. The highest BCUT2D eigenvalue weighted by Gasteiger charge is 2.18. The van der Waals surface area contributed by atoms with Crippen LogP contribution in [0.15, 0.2) is 72.0 Å². The standard InChI is InChI=1S/C22H15ClN6O2/c1-13-17(11-27-29(13)19-12-24-9-14-4-2-3-5-16(14)19)21(30)28-15-8-18(23)20(26-10-15)22-25-6-7-31-22/h2-12H,1H3,(H,28,30). The summed E-state index contributed by atoms with van der Waals surface area (Å²) in [5, 5.41) is 9.53. The molecule has 0 atom stereocenters. The summed E-state index contributed by atoms with van der Waals surface area (Å²) in [4.78, 5) is 25.5. The van der Waals surface area contributed by atoms with E-state index >= 15 is 0 Å². The quantitative estimate of drug-likeness (QED) is 0.444.